The van der Waals surface area contributed by atoms with Crippen molar-refractivity contribution in [3.8, 4) is 17.2 Å². The monoisotopic (exact) mass is 447 g/mol. The maximum atomic E-state index is 13.9. The van der Waals surface area contributed by atoms with Crippen LogP contribution in [0.2, 0.25) is 5.22 Å². The fourth-order valence-electron chi connectivity index (χ4n) is 5.19. The van der Waals surface area contributed by atoms with Crippen molar-refractivity contribution in [2.45, 2.75) is 17.8 Å². The number of ether oxygens (including phenoxy) is 2. The Kier molecular flexibility index (Phi) is 3.39. The summed E-state index contributed by atoms with van der Waals surface area (Å²) in [4.78, 5) is 13.9. The topological polar surface area (TPSA) is 104 Å². The average Bonchev–Trinajstić information content (AvgIpc) is 3.57. The van der Waals surface area contributed by atoms with Crippen molar-refractivity contribution in [1.82, 2.24) is 20.2 Å². The zero-order valence-corrected chi connectivity index (χ0v) is 17.2. The molecule has 1 N–H and O–H groups in total. The zero-order valence-electron chi connectivity index (χ0n) is 16.4. The summed E-state index contributed by atoms with van der Waals surface area (Å²) in [5, 5.41) is 15.8. The lowest BCUT2D eigenvalue weighted by molar-refractivity contribution is -0.120. The van der Waals surface area contributed by atoms with E-state index in [0.29, 0.717) is 35.2 Å². The van der Waals surface area contributed by atoms with Gasteiger partial charge in [-0.25, -0.2) is 0 Å². The number of hydrogen-bond acceptors (Lipinski definition) is 7. The molecule has 0 aliphatic carbocycles. The van der Waals surface area contributed by atoms with E-state index < -0.39 is 11.3 Å². The molecule has 10 heteroatoms. The number of tetrazole rings is 1. The highest BCUT2D eigenvalue weighted by molar-refractivity contribution is 6.28. The lowest BCUT2D eigenvalue weighted by atomic mass is 9.62. The third-order valence-electron chi connectivity index (χ3n) is 6.46. The predicted octanol–water partition coefficient (Wildman–Crippen LogP) is 3.22. The second-order valence-corrected chi connectivity index (χ2v) is 8.31. The fourth-order valence-corrected chi connectivity index (χ4v) is 5.35. The fraction of sp³-hybridized carbons (Fsp3) is 0.182. The summed E-state index contributed by atoms with van der Waals surface area (Å²) < 4.78 is 18.6. The van der Waals surface area contributed by atoms with Crippen LogP contribution in [0.1, 0.15) is 28.6 Å². The number of para-hydroxylation sites is 1. The van der Waals surface area contributed by atoms with E-state index in [9.17, 15) is 4.79 Å². The molecule has 2 aromatic carbocycles. The Morgan fingerprint density at radius 3 is 2.81 bits per heavy atom. The standard InChI is InChI=1S/C22H14ClN5O4/c23-19-6-5-11(32-19)7-14-20-25-26-27-28(20)16-9-18-17(30-10-31-18)8-13(16)22(14)12-3-1-2-4-15(12)24-21(22)29/h1-6,8-9,14H,7,10H2,(H,24,29). The number of nitrogens with one attached hydrogen (secondary N) is 1. The third kappa shape index (κ3) is 2.13. The van der Waals surface area contributed by atoms with Crippen molar-refractivity contribution in [3.63, 3.8) is 0 Å². The molecule has 0 saturated carbocycles. The van der Waals surface area contributed by atoms with E-state index in [1.54, 1.807) is 16.8 Å². The Balaban J connectivity index is 1.57. The van der Waals surface area contributed by atoms with Gasteiger partial charge in [0.2, 0.25) is 12.7 Å². The van der Waals surface area contributed by atoms with Gasteiger partial charge in [0.15, 0.2) is 22.5 Å². The van der Waals surface area contributed by atoms with Gasteiger partial charge in [0.05, 0.1) is 11.6 Å². The highest BCUT2D eigenvalue weighted by Gasteiger charge is 2.59. The molecule has 2 aromatic heterocycles. The lowest BCUT2D eigenvalue weighted by Crippen LogP contribution is -2.46. The predicted molar refractivity (Wildman–Crippen MR) is 111 cm³/mol. The number of anilines is 1. The van der Waals surface area contributed by atoms with Gasteiger partial charge in [-0.05, 0) is 51.9 Å². The van der Waals surface area contributed by atoms with Crippen LogP contribution in [0.5, 0.6) is 11.5 Å². The normalized spacial score (nSPS) is 21.9. The highest BCUT2D eigenvalue weighted by atomic mass is 35.5. The van der Waals surface area contributed by atoms with Gasteiger partial charge >= 0.3 is 0 Å². The minimum atomic E-state index is -1.10. The SMILES string of the molecule is O=C1Nc2ccccc2C12c1cc3c(cc1-n1nnnc1C2Cc1ccc(Cl)o1)OCO3. The number of nitrogens with zero attached hydrogens (tertiary/aromatic N) is 4. The molecule has 2 atom stereocenters. The molecule has 9 nitrogen and oxygen atoms in total. The molecular formula is C22H14ClN5O4. The molecule has 5 heterocycles. The number of halogens is 1. The smallest absolute Gasteiger partial charge is 0.240 e. The first kappa shape index (κ1) is 17.8. The molecule has 2 unspecified atom stereocenters. The van der Waals surface area contributed by atoms with Crippen LogP contribution in [-0.2, 0) is 16.6 Å². The summed E-state index contributed by atoms with van der Waals surface area (Å²) >= 11 is 6.04. The second-order valence-electron chi connectivity index (χ2n) is 7.94. The molecule has 1 spiro atoms. The average molecular weight is 448 g/mol. The van der Waals surface area contributed by atoms with Gasteiger partial charge in [-0.2, -0.15) is 4.68 Å². The van der Waals surface area contributed by atoms with E-state index >= 15 is 0 Å². The van der Waals surface area contributed by atoms with Crippen LogP contribution in [0.4, 0.5) is 5.69 Å². The number of furan rings is 1. The van der Waals surface area contributed by atoms with Gasteiger partial charge in [0.1, 0.15) is 11.2 Å². The van der Waals surface area contributed by atoms with Crippen LogP contribution in [0.3, 0.4) is 0 Å². The first-order valence-corrected chi connectivity index (χ1v) is 10.4. The first-order chi connectivity index (χ1) is 15.7. The van der Waals surface area contributed by atoms with E-state index in [1.807, 2.05) is 36.4 Å². The van der Waals surface area contributed by atoms with Crippen LogP contribution < -0.4 is 14.8 Å². The van der Waals surface area contributed by atoms with Crippen molar-refractivity contribution in [1.29, 1.82) is 0 Å². The van der Waals surface area contributed by atoms with E-state index in [2.05, 4.69) is 20.8 Å². The van der Waals surface area contributed by atoms with Crippen molar-refractivity contribution in [3.05, 3.63) is 76.5 Å². The Morgan fingerprint density at radius 1 is 1.12 bits per heavy atom. The molecule has 158 valence electrons. The van der Waals surface area contributed by atoms with E-state index in [1.165, 1.54) is 0 Å². The lowest BCUT2D eigenvalue weighted by Gasteiger charge is -2.40. The molecule has 0 bridgehead atoms. The number of hydrogen-bond donors (Lipinski definition) is 1. The van der Waals surface area contributed by atoms with Gasteiger partial charge in [0, 0.05) is 23.7 Å². The highest BCUT2D eigenvalue weighted by Crippen LogP contribution is 2.57. The van der Waals surface area contributed by atoms with E-state index in [4.69, 9.17) is 25.5 Å². The molecule has 7 rings (SSSR count). The Labute approximate surface area is 185 Å². The van der Waals surface area contributed by atoms with Gasteiger partial charge in [-0.15, -0.1) is 5.10 Å². The second kappa shape index (κ2) is 6.10. The van der Waals surface area contributed by atoms with Crippen molar-refractivity contribution in [2.75, 3.05) is 12.1 Å². The molecule has 3 aliphatic heterocycles. The number of carbonyl (C=O) groups is 1. The van der Waals surface area contributed by atoms with Crippen LogP contribution in [0, 0.1) is 0 Å². The summed E-state index contributed by atoms with van der Waals surface area (Å²) in [5.74, 6) is 1.73. The first-order valence-electron chi connectivity index (χ1n) is 10.0. The van der Waals surface area contributed by atoms with E-state index in [0.717, 1.165) is 16.8 Å². The van der Waals surface area contributed by atoms with Crippen LogP contribution in [0.25, 0.3) is 5.69 Å². The molecule has 4 aromatic rings. The molecule has 32 heavy (non-hydrogen) atoms. The van der Waals surface area contributed by atoms with Crippen LogP contribution >= 0.6 is 11.6 Å². The maximum Gasteiger partial charge on any atom is 0.240 e. The number of carbonyl (C=O) groups excluding carboxylic acids is 1. The van der Waals surface area contributed by atoms with Crippen molar-refractivity contribution >= 4 is 23.2 Å². The van der Waals surface area contributed by atoms with Gasteiger partial charge in [-0.3, -0.25) is 4.79 Å². The molecule has 0 radical (unpaired) electrons. The molecule has 3 aliphatic rings. The summed E-state index contributed by atoms with van der Waals surface area (Å²) in [6.07, 6.45) is 0.364. The molecule has 0 saturated heterocycles. The summed E-state index contributed by atoms with van der Waals surface area (Å²) in [5.41, 5.74) is 1.92. The number of aromatic nitrogens is 4. The molecular weight excluding hydrogens is 434 g/mol. The number of benzene rings is 2. The van der Waals surface area contributed by atoms with Gasteiger partial charge in [0.25, 0.3) is 0 Å². The summed E-state index contributed by atoms with van der Waals surface area (Å²) in [6, 6.07) is 14.9. The Morgan fingerprint density at radius 2 is 1.97 bits per heavy atom. The molecule has 1 amide bonds. The summed E-state index contributed by atoms with van der Waals surface area (Å²) in [7, 11) is 0. The quantitative estimate of drug-likeness (QED) is 0.503. The summed E-state index contributed by atoms with van der Waals surface area (Å²) in [6.45, 7) is 0.116. The van der Waals surface area contributed by atoms with Gasteiger partial charge in [-0.1, -0.05) is 18.2 Å². The minimum absolute atomic E-state index is 0.116. The van der Waals surface area contributed by atoms with Crippen molar-refractivity contribution < 1.29 is 18.7 Å². The largest absolute Gasteiger partial charge is 0.454 e. The van der Waals surface area contributed by atoms with Gasteiger partial charge < -0.3 is 19.2 Å². The molecule has 0 fully saturated rings. The van der Waals surface area contributed by atoms with Crippen LogP contribution in [0.15, 0.2) is 52.9 Å². The van der Waals surface area contributed by atoms with E-state index in [-0.39, 0.29) is 17.9 Å². The number of amides is 1. The zero-order chi connectivity index (χ0) is 21.4. The van der Waals surface area contributed by atoms with Crippen molar-refractivity contribution in [2.24, 2.45) is 0 Å². The third-order valence-corrected chi connectivity index (χ3v) is 6.67. The minimum Gasteiger partial charge on any atom is -0.454 e. The number of rotatable bonds is 2. The Bertz CT molecular complexity index is 1430. The van der Waals surface area contributed by atoms with Crippen LogP contribution in [-0.4, -0.2) is 32.9 Å². The maximum absolute atomic E-state index is 13.9. The Hall–Kier alpha value is -3.85. The number of fused-ring (bicyclic) bond motifs is 7.